The van der Waals surface area contributed by atoms with Gasteiger partial charge in [0.25, 0.3) is 11.8 Å². The number of amides is 2. The zero-order valence-electron chi connectivity index (χ0n) is 15.6. The van der Waals surface area contributed by atoms with Crippen LogP contribution >= 0.6 is 0 Å². The molecule has 0 atom stereocenters. The Bertz CT molecular complexity index is 1260. The smallest absolute Gasteiger partial charge is 0.339 e. The van der Waals surface area contributed by atoms with E-state index in [1.165, 1.54) is 48.5 Å². The quantitative estimate of drug-likeness (QED) is 0.535. The summed E-state index contributed by atoms with van der Waals surface area (Å²) < 4.78 is 5.64. The van der Waals surface area contributed by atoms with Crippen LogP contribution in [0.2, 0.25) is 0 Å². The molecule has 0 fully saturated rings. The Labute approximate surface area is 174 Å². The van der Waals surface area contributed by atoms with Crippen molar-refractivity contribution in [1.29, 1.82) is 0 Å². The number of carboxylic acid groups (broad SMARTS) is 2. The molecular formula is C22H13NO8. The van der Waals surface area contributed by atoms with Crippen LogP contribution in [0.5, 0.6) is 17.2 Å². The average Bonchev–Trinajstić information content (AvgIpc) is 2.98. The molecular weight excluding hydrogens is 406 g/mol. The summed E-state index contributed by atoms with van der Waals surface area (Å²) in [4.78, 5) is 48.6. The number of aromatic hydroxyl groups is 1. The number of hydrogen-bond acceptors (Lipinski definition) is 6. The first-order valence-electron chi connectivity index (χ1n) is 8.86. The van der Waals surface area contributed by atoms with Crippen LogP contribution in [0.3, 0.4) is 0 Å². The van der Waals surface area contributed by atoms with E-state index in [1.54, 1.807) is 0 Å². The van der Waals surface area contributed by atoms with E-state index in [9.17, 15) is 24.3 Å². The number of benzene rings is 3. The molecule has 4 rings (SSSR count). The maximum absolute atomic E-state index is 12.9. The number of fused-ring (bicyclic) bond motifs is 1. The van der Waals surface area contributed by atoms with Gasteiger partial charge >= 0.3 is 11.9 Å². The van der Waals surface area contributed by atoms with Gasteiger partial charge in [-0.2, -0.15) is 0 Å². The Balaban J connectivity index is 1.64. The number of rotatable bonds is 5. The summed E-state index contributed by atoms with van der Waals surface area (Å²) in [5.74, 6) is -3.69. The molecule has 0 saturated heterocycles. The van der Waals surface area contributed by atoms with Gasteiger partial charge in [0.1, 0.15) is 22.8 Å². The molecule has 1 aliphatic heterocycles. The zero-order chi connectivity index (χ0) is 22.3. The first-order chi connectivity index (χ1) is 14.8. The molecule has 154 valence electrons. The van der Waals surface area contributed by atoms with Gasteiger partial charge in [-0.1, -0.05) is 0 Å². The fourth-order valence-corrected chi connectivity index (χ4v) is 3.15. The third kappa shape index (κ3) is 3.44. The Morgan fingerprint density at radius 3 is 2.03 bits per heavy atom. The van der Waals surface area contributed by atoms with Gasteiger partial charge in [-0.15, -0.1) is 0 Å². The SMILES string of the molecule is O=C(O)c1ccc(Oc2ccc3c(c2)C(=O)N(c2ccc(O)c(C(=O)O)c2)C3=O)cc1. The van der Waals surface area contributed by atoms with Gasteiger partial charge in [-0.25, -0.2) is 14.5 Å². The van der Waals surface area contributed by atoms with Gasteiger partial charge in [-0.3, -0.25) is 9.59 Å². The molecule has 0 unspecified atom stereocenters. The Morgan fingerprint density at radius 1 is 0.742 bits per heavy atom. The molecule has 3 aromatic carbocycles. The fraction of sp³-hybridized carbons (Fsp3) is 0. The third-order valence-corrected chi connectivity index (χ3v) is 4.66. The highest BCUT2D eigenvalue weighted by atomic mass is 16.5. The maximum Gasteiger partial charge on any atom is 0.339 e. The number of anilines is 1. The Morgan fingerprint density at radius 2 is 1.39 bits per heavy atom. The molecule has 31 heavy (non-hydrogen) atoms. The van der Waals surface area contributed by atoms with Crippen molar-refractivity contribution >= 4 is 29.4 Å². The molecule has 0 spiro atoms. The normalized spacial score (nSPS) is 12.6. The van der Waals surface area contributed by atoms with E-state index in [2.05, 4.69) is 0 Å². The lowest BCUT2D eigenvalue weighted by molar-refractivity contribution is 0.0684. The minimum Gasteiger partial charge on any atom is -0.507 e. The van der Waals surface area contributed by atoms with E-state index in [4.69, 9.17) is 14.9 Å². The van der Waals surface area contributed by atoms with Crippen LogP contribution in [0.4, 0.5) is 5.69 Å². The van der Waals surface area contributed by atoms with Crippen molar-refractivity contribution in [2.24, 2.45) is 0 Å². The number of carboxylic acids is 2. The monoisotopic (exact) mass is 419 g/mol. The molecule has 0 saturated carbocycles. The van der Waals surface area contributed by atoms with Gasteiger partial charge < -0.3 is 20.1 Å². The number of carbonyl (C=O) groups is 4. The summed E-state index contributed by atoms with van der Waals surface area (Å²) in [6.45, 7) is 0. The van der Waals surface area contributed by atoms with Crippen LogP contribution in [0, 0.1) is 0 Å². The van der Waals surface area contributed by atoms with Crippen LogP contribution in [0.15, 0.2) is 60.7 Å². The van der Waals surface area contributed by atoms with E-state index < -0.39 is 35.1 Å². The van der Waals surface area contributed by atoms with Crippen molar-refractivity contribution in [3.63, 3.8) is 0 Å². The van der Waals surface area contributed by atoms with E-state index in [0.29, 0.717) is 5.75 Å². The highest BCUT2D eigenvalue weighted by Crippen LogP contribution is 2.34. The van der Waals surface area contributed by atoms with Crippen molar-refractivity contribution in [3.05, 3.63) is 82.9 Å². The standard InChI is InChI=1S/C22H13NO8/c24-18-8-3-12(9-17(18)22(29)30)23-19(25)15-7-6-14(10-16(15)20(23)26)31-13-4-1-11(2-5-13)21(27)28/h1-10,24H,(H,27,28)(H,29,30). The van der Waals surface area contributed by atoms with Gasteiger partial charge in [0.15, 0.2) is 0 Å². The molecule has 0 bridgehead atoms. The number of ether oxygens (including phenoxy) is 1. The summed E-state index contributed by atoms with van der Waals surface area (Å²) in [5, 5.41) is 27.8. The molecule has 1 aliphatic rings. The molecule has 1 heterocycles. The minimum absolute atomic E-state index is 0.00753. The maximum atomic E-state index is 12.9. The fourth-order valence-electron chi connectivity index (χ4n) is 3.15. The van der Waals surface area contributed by atoms with Crippen LogP contribution in [-0.2, 0) is 0 Å². The van der Waals surface area contributed by atoms with Gasteiger partial charge in [-0.05, 0) is 60.7 Å². The predicted molar refractivity (Wildman–Crippen MR) is 106 cm³/mol. The molecule has 3 N–H and O–H groups in total. The van der Waals surface area contributed by atoms with Crippen LogP contribution in [-0.4, -0.2) is 39.1 Å². The topological polar surface area (TPSA) is 141 Å². The second-order valence-electron chi connectivity index (χ2n) is 6.59. The first-order valence-corrected chi connectivity index (χ1v) is 8.86. The van der Waals surface area contributed by atoms with Crippen LogP contribution in [0.1, 0.15) is 41.4 Å². The van der Waals surface area contributed by atoms with E-state index in [1.807, 2.05) is 0 Å². The summed E-state index contributed by atoms with van der Waals surface area (Å²) in [6, 6.07) is 13.3. The number of phenols is 1. The number of carbonyl (C=O) groups excluding carboxylic acids is 2. The summed E-state index contributed by atoms with van der Waals surface area (Å²) >= 11 is 0. The van der Waals surface area contributed by atoms with Crippen molar-refractivity contribution in [2.75, 3.05) is 4.90 Å². The zero-order valence-corrected chi connectivity index (χ0v) is 15.6. The Kier molecular flexibility index (Phi) is 4.63. The van der Waals surface area contributed by atoms with E-state index >= 15 is 0 Å². The van der Waals surface area contributed by atoms with Gasteiger partial charge in [0, 0.05) is 0 Å². The van der Waals surface area contributed by atoms with Crippen molar-refractivity contribution in [2.45, 2.75) is 0 Å². The van der Waals surface area contributed by atoms with Crippen molar-refractivity contribution in [1.82, 2.24) is 0 Å². The number of nitrogens with zero attached hydrogens (tertiary/aromatic N) is 1. The van der Waals surface area contributed by atoms with Crippen LogP contribution in [0.25, 0.3) is 0 Å². The molecule has 9 heteroatoms. The molecule has 2 amide bonds. The summed E-state index contributed by atoms with van der Waals surface area (Å²) in [7, 11) is 0. The third-order valence-electron chi connectivity index (χ3n) is 4.66. The summed E-state index contributed by atoms with van der Waals surface area (Å²) in [5.41, 5.74) is -0.165. The number of hydrogen-bond donors (Lipinski definition) is 3. The van der Waals surface area contributed by atoms with Crippen LogP contribution < -0.4 is 9.64 Å². The predicted octanol–water partition coefficient (Wildman–Crippen LogP) is 3.38. The molecule has 9 nitrogen and oxygen atoms in total. The Hall–Kier alpha value is -4.66. The van der Waals surface area contributed by atoms with Gasteiger partial charge in [0.05, 0.1) is 22.4 Å². The lowest BCUT2D eigenvalue weighted by Gasteiger charge is -2.14. The molecule has 3 aromatic rings. The number of aromatic carboxylic acids is 2. The lowest BCUT2D eigenvalue weighted by atomic mass is 10.1. The highest BCUT2D eigenvalue weighted by Gasteiger charge is 2.37. The second kappa shape index (κ2) is 7.30. The lowest BCUT2D eigenvalue weighted by Crippen LogP contribution is -2.29. The van der Waals surface area contributed by atoms with E-state index in [0.717, 1.165) is 17.0 Å². The molecule has 0 aliphatic carbocycles. The second-order valence-corrected chi connectivity index (χ2v) is 6.59. The highest BCUT2D eigenvalue weighted by molar-refractivity contribution is 6.34. The number of imide groups is 1. The molecule has 0 radical (unpaired) electrons. The van der Waals surface area contributed by atoms with Crippen molar-refractivity contribution < 1.29 is 39.2 Å². The average molecular weight is 419 g/mol. The minimum atomic E-state index is -1.40. The van der Waals surface area contributed by atoms with E-state index in [-0.39, 0.29) is 28.1 Å². The van der Waals surface area contributed by atoms with Crippen molar-refractivity contribution in [3.8, 4) is 17.2 Å². The van der Waals surface area contributed by atoms with Gasteiger partial charge in [0.2, 0.25) is 0 Å². The first kappa shape index (κ1) is 19.6. The molecule has 0 aromatic heterocycles. The summed E-state index contributed by atoms with van der Waals surface area (Å²) in [6.07, 6.45) is 0. The largest absolute Gasteiger partial charge is 0.507 e.